The third kappa shape index (κ3) is 5.07. The minimum Gasteiger partial charge on any atom is -0.475 e. The third-order valence-electron chi connectivity index (χ3n) is 7.03. The van der Waals surface area contributed by atoms with Gasteiger partial charge < -0.3 is 10.1 Å². The number of nitrogens with zero attached hydrogens (tertiary/aromatic N) is 2. The molecule has 1 aliphatic carbocycles. The van der Waals surface area contributed by atoms with Crippen LogP contribution >= 0.6 is 0 Å². The molecule has 1 fully saturated rings. The van der Waals surface area contributed by atoms with Crippen molar-refractivity contribution in [2.75, 3.05) is 11.3 Å². The minimum atomic E-state index is -4.39. The molecule has 1 aromatic heterocycles. The summed E-state index contributed by atoms with van der Waals surface area (Å²) in [6.07, 6.45) is -4.71. The molecular formula is C27H27F3N4O3S. The van der Waals surface area contributed by atoms with Gasteiger partial charge in [0, 0.05) is 17.2 Å². The lowest BCUT2D eigenvalue weighted by Crippen LogP contribution is -2.43. The molecule has 3 aromatic rings. The summed E-state index contributed by atoms with van der Waals surface area (Å²) in [6, 6.07) is 12.4. The highest BCUT2D eigenvalue weighted by Gasteiger charge is 2.63. The van der Waals surface area contributed by atoms with E-state index in [-0.39, 0.29) is 48.2 Å². The number of anilines is 1. The van der Waals surface area contributed by atoms with Crippen LogP contribution < -0.4 is 14.8 Å². The Labute approximate surface area is 219 Å². The monoisotopic (exact) mass is 544 g/mol. The maximum atomic E-state index is 13.8. The fourth-order valence-corrected chi connectivity index (χ4v) is 5.89. The molecule has 0 saturated heterocycles. The summed E-state index contributed by atoms with van der Waals surface area (Å²) in [6.45, 7) is 3.61. The van der Waals surface area contributed by atoms with E-state index in [0.717, 1.165) is 16.7 Å². The van der Waals surface area contributed by atoms with Crippen molar-refractivity contribution in [1.82, 2.24) is 15.3 Å². The Morgan fingerprint density at radius 2 is 1.79 bits per heavy atom. The van der Waals surface area contributed by atoms with Crippen molar-refractivity contribution < 1.29 is 26.9 Å². The van der Waals surface area contributed by atoms with Gasteiger partial charge in [0.25, 0.3) is 5.91 Å². The van der Waals surface area contributed by atoms with Crippen LogP contribution in [0.1, 0.15) is 40.7 Å². The number of fused-ring (bicyclic) bond motifs is 4. The lowest BCUT2D eigenvalue weighted by atomic mass is 9.96. The molecule has 2 heterocycles. The van der Waals surface area contributed by atoms with E-state index in [1.165, 1.54) is 12.1 Å². The number of halogens is 3. The Hall–Kier alpha value is -3.60. The lowest BCUT2D eigenvalue weighted by molar-refractivity contribution is -0.190. The highest BCUT2D eigenvalue weighted by atomic mass is 32.2. The van der Waals surface area contributed by atoms with E-state index in [1.807, 2.05) is 32.0 Å². The number of hydrogen-bond acceptors (Lipinski definition) is 5. The molecule has 200 valence electrons. The Morgan fingerprint density at radius 1 is 1.11 bits per heavy atom. The molecule has 0 radical (unpaired) electrons. The van der Waals surface area contributed by atoms with Gasteiger partial charge in [-0.05, 0) is 68.3 Å². The van der Waals surface area contributed by atoms with Crippen molar-refractivity contribution >= 4 is 27.4 Å². The molecule has 1 aliphatic heterocycles. The Balaban J connectivity index is 1.60. The standard InChI is InChI=1S/C27H27F3N4O3S/c1-16-6-4-7-17(2)23(16)21-13-22-33-25(32-21)34-38(3,36)20-9-5-8-18(12-20)24(35)31-19(15-37-22)14-26(10-11-26)27(28,29)30/h4-9,12-13,19H,3,10-11,14-15H2,1-2H3,(H,31,35)(H,32,33,34,36)/t19-,38?/m1/s1. The molecule has 11 heteroatoms. The van der Waals surface area contributed by atoms with E-state index >= 15 is 0 Å². The summed E-state index contributed by atoms with van der Waals surface area (Å²) < 4.78 is 63.6. The first kappa shape index (κ1) is 26.0. The molecule has 2 aromatic carbocycles. The fourth-order valence-electron chi connectivity index (χ4n) is 4.77. The number of nitrogens with one attached hydrogen (secondary N) is 2. The summed E-state index contributed by atoms with van der Waals surface area (Å²) >= 11 is 0. The van der Waals surface area contributed by atoms with Gasteiger partial charge in [-0.25, -0.2) is 9.19 Å². The van der Waals surface area contributed by atoms with Gasteiger partial charge in [0.05, 0.1) is 31.8 Å². The van der Waals surface area contributed by atoms with E-state index in [1.54, 1.807) is 18.2 Å². The zero-order valence-electron chi connectivity index (χ0n) is 20.9. The molecule has 0 spiro atoms. The fraction of sp³-hybridized carbons (Fsp3) is 0.333. The van der Waals surface area contributed by atoms with Crippen LogP contribution in [0.3, 0.4) is 0 Å². The molecule has 38 heavy (non-hydrogen) atoms. The van der Waals surface area contributed by atoms with Gasteiger partial charge in [0.2, 0.25) is 11.8 Å². The quantitative estimate of drug-likeness (QED) is 0.449. The highest BCUT2D eigenvalue weighted by molar-refractivity contribution is 8.01. The molecule has 7 nitrogen and oxygen atoms in total. The maximum Gasteiger partial charge on any atom is 0.394 e. The number of carbonyl (C=O) groups is 1. The average Bonchev–Trinajstić information content (AvgIpc) is 3.63. The van der Waals surface area contributed by atoms with Crippen LogP contribution in [0.4, 0.5) is 19.1 Å². The van der Waals surface area contributed by atoms with Gasteiger partial charge in [0.1, 0.15) is 6.61 Å². The summed E-state index contributed by atoms with van der Waals surface area (Å²) in [5.74, 6) is 3.26. The first-order chi connectivity index (χ1) is 17.9. The topological polar surface area (TPSA) is 93.2 Å². The van der Waals surface area contributed by atoms with E-state index < -0.39 is 33.2 Å². The summed E-state index contributed by atoms with van der Waals surface area (Å²) in [5, 5.41) is 2.69. The van der Waals surface area contributed by atoms with Crippen molar-refractivity contribution in [2.45, 2.75) is 50.2 Å². The van der Waals surface area contributed by atoms with Crippen LogP contribution in [0.2, 0.25) is 0 Å². The Bertz CT molecular complexity index is 1500. The lowest BCUT2D eigenvalue weighted by Gasteiger charge is -2.26. The van der Waals surface area contributed by atoms with Crippen LogP contribution in [0.15, 0.2) is 53.4 Å². The number of hydrogen-bond donors (Lipinski definition) is 2. The summed E-state index contributed by atoms with van der Waals surface area (Å²) in [4.78, 5) is 22.2. The Morgan fingerprint density at radius 3 is 2.45 bits per heavy atom. The Kier molecular flexibility index (Phi) is 6.37. The zero-order valence-corrected chi connectivity index (χ0v) is 21.7. The second kappa shape index (κ2) is 9.30. The van der Waals surface area contributed by atoms with Crippen LogP contribution in [0.25, 0.3) is 11.3 Å². The molecule has 4 bridgehead atoms. The van der Waals surface area contributed by atoms with Crippen molar-refractivity contribution in [2.24, 2.45) is 5.41 Å². The van der Waals surface area contributed by atoms with Crippen LogP contribution in [-0.4, -0.2) is 44.8 Å². The maximum absolute atomic E-state index is 13.8. The van der Waals surface area contributed by atoms with E-state index in [2.05, 4.69) is 25.9 Å². The predicted octanol–water partition coefficient (Wildman–Crippen LogP) is 5.09. The molecule has 1 amide bonds. The number of aryl methyl sites for hydroxylation is 2. The highest BCUT2D eigenvalue weighted by Crippen LogP contribution is 2.60. The van der Waals surface area contributed by atoms with Crippen LogP contribution in [0, 0.1) is 19.3 Å². The number of rotatable bonds is 3. The number of alkyl halides is 3. The normalized spacial score (nSPS) is 22.6. The van der Waals surface area contributed by atoms with Crippen LogP contribution in [-0.2, 0) is 9.71 Å². The summed E-state index contributed by atoms with van der Waals surface area (Å²) in [5.41, 5.74) is 1.48. The SMILES string of the molecule is C=S1(=O)Nc2nc(cc(-c3c(C)cccc3C)n2)OC[C@@H](CC2(C(F)(F)F)CC2)NC(=O)c2cccc1c2. The van der Waals surface area contributed by atoms with Crippen molar-refractivity contribution in [3.05, 3.63) is 65.2 Å². The van der Waals surface area contributed by atoms with Gasteiger partial charge in [-0.15, -0.1) is 0 Å². The third-order valence-corrected chi connectivity index (χ3v) is 8.56. The molecule has 2 aliphatic rings. The number of amides is 1. The number of benzene rings is 2. The van der Waals surface area contributed by atoms with E-state index in [9.17, 15) is 22.2 Å². The summed E-state index contributed by atoms with van der Waals surface area (Å²) in [7, 11) is -3.21. The largest absolute Gasteiger partial charge is 0.475 e. The molecular weight excluding hydrogens is 517 g/mol. The molecule has 2 N–H and O–H groups in total. The predicted molar refractivity (Wildman–Crippen MR) is 140 cm³/mol. The van der Waals surface area contributed by atoms with Crippen molar-refractivity contribution in [1.29, 1.82) is 0 Å². The number of aromatic nitrogens is 2. The van der Waals surface area contributed by atoms with E-state index in [4.69, 9.17) is 4.74 Å². The number of carbonyl (C=O) groups excluding carboxylic acids is 1. The van der Waals surface area contributed by atoms with Crippen molar-refractivity contribution in [3.8, 4) is 17.1 Å². The first-order valence-electron chi connectivity index (χ1n) is 12.1. The average molecular weight is 545 g/mol. The van der Waals surface area contributed by atoms with Gasteiger partial charge in [0.15, 0.2) is 0 Å². The smallest absolute Gasteiger partial charge is 0.394 e. The van der Waals surface area contributed by atoms with Gasteiger partial charge >= 0.3 is 6.18 Å². The first-order valence-corrected chi connectivity index (χ1v) is 13.8. The van der Waals surface area contributed by atoms with E-state index in [0.29, 0.717) is 5.69 Å². The van der Waals surface area contributed by atoms with Gasteiger partial charge in [-0.1, -0.05) is 24.3 Å². The molecule has 1 saturated carbocycles. The molecule has 2 atom stereocenters. The van der Waals surface area contributed by atoms with Crippen LogP contribution in [0.5, 0.6) is 5.88 Å². The molecule has 1 unspecified atom stereocenters. The molecule has 5 rings (SSSR count). The van der Waals surface area contributed by atoms with Gasteiger partial charge in [-0.3, -0.25) is 9.52 Å². The van der Waals surface area contributed by atoms with Crippen molar-refractivity contribution in [3.63, 3.8) is 0 Å². The minimum absolute atomic E-state index is 0.000204. The number of ether oxygens (including phenoxy) is 1. The second-order valence-electron chi connectivity index (χ2n) is 9.95. The zero-order chi connectivity index (χ0) is 27.3. The second-order valence-corrected chi connectivity index (χ2v) is 12.0. The van der Waals surface area contributed by atoms with Gasteiger partial charge in [-0.2, -0.15) is 18.2 Å².